The van der Waals surface area contributed by atoms with Gasteiger partial charge in [-0.15, -0.1) is 0 Å². The molecule has 0 atom stereocenters. The van der Waals surface area contributed by atoms with Gasteiger partial charge in [-0.2, -0.15) is 11.3 Å². The van der Waals surface area contributed by atoms with Crippen molar-refractivity contribution >= 4 is 34.0 Å². The molecule has 0 unspecified atom stereocenters. The molecule has 3 heterocycles. The van der Waals surface area contributed by atoms with Crippen molar-refractivity contribution in [2.75, 3.05) is 6.54 Å². The van der Waals surface area contributed by atoms with Crippen LogP contribution in [0, 0.1) is 0 Å². The lowest BCUT2D eigenvalue weighted by molar-refractivity contribution is 1.03. The summed E-state index contributed by atoms with van der Waals surface area (Å²) >= 11 is 1.73. The molecular weight excluding hydrogens is 264 g/mol. The molecule has 1 aliphatic rings. The molecule has 20 heavy (non-hydrogen) atoms. The lowest BCUT2D eigenvalue weighted by Crippen LogP contribution is -2.06. The molecule has 0 saturated carbocycles. The van der Waals surface area contributed by atoms with Crippen molar-refractivity contribution in [3.05, 3.63) is 70.1 Å². The van der Waals surface area contributed by atoms with Gasteiger partial charge in [0.15, 0.2) is 0 Å². The normalized spacial score (nSPS) is 16.6. The van der Waals surface area contributed by atoms with E-state index < -0.39 is 0 Å². The minimum absolute atomic E-state index is 0.894. The summed E-state index contributed by atoms with van der Waals surface area (Å²) in [6.45, 7) is 0.894. The van der Waals surface area contributed by atoms with Gasteiger partial charge in [-0.3, -0.25) is 0 Å². The number of nitrogens with one attached hydrogen (secondary N) is 2. The van der Waals surface area contributed by atoms with E-state index in [4.69, 9.17) is 0 Å². The first-order chi connectivity index (χ1) is 9.90. The highest BCUT2D eigenvalue weighted by Gasteiger charge is 2.11. The van der Waals surface area contributed by atoms with E-state index >= 15 is 0 Å². The van der Waals surface area contributed by atoms with E-state index in [2.05, 4.69) is 69.7 Å². The second-order valence-electron chi connectivity index (χ2n) is 4.93. The Morgan fingerprint density at radius 2 is 2.10 bits per heavy atom. The number of hydrogen-bond donors (Lipinski definition) is 2. The van der Waals surface area contributed by atoms with Crippen LogP contribution in [0.25, 0.3) is 22.7 Å². The van der Waals surface area contributed by atoms with Crippen LogP contribution in [0.3, 0.4) is 0 Å². The van der Waals surface area contributed by atoms with Crippen molar-refractivity contribution in [1.29, 1.82) is 0 Å². The van der Waals surface area contributed by atoms with Gasteiger partial charge in [0.05, 0.1) is 0 Å². The first-order valence-electron chi connectivity index (χ1n) is 6.65. The van der Waals surface area contributed by atoms with Gasteiger partial charge in [-0.1, -0.05) is 18.2 Å². The van der Waals surface area contributed by atoms with Crippen LogP contribution in [0.15, 0.2) is 58.9 Å². The third-order valence-electron chi connectivity index (χ3n) is 3.61. The van der Waals surface area contributed by atoms with Crippen LogP contribution < -0.4 is 5.32 Å². The van der Waals surface area contributed by atoms with Gasteiger partial charge in [0, 0.05) is 40.5 Å². The predicted molar refractivity (Wildman–Crippen MR) is 86.6 cm³/mol. The molecule has 0 bridgehead atoms. The van der Waals surface area contributed by atoms with Crippen molar-refractivity contribution in [1.82, 2.24) is 10.3 Å². The van der Waals surface area contributed by atoms with E-state index in [-0.39, 0.29) is 0 Å². The van der Waals surface area contributed by atoms with E-state index in [1.54, 1.807) is 11.3 Å². The number of hydrogen-bond acceptors (Lipinski definition) is 2. The minimum atomic E-state index is 0.894. The third-order valence-corrected chi connectivity index (χ3v) is 4.29. The summed E-state index contributed by atoms with van der Waals surface area (Å²) in [5.41, 5.74) is 6.25. The van der Waals surface area contributed by atoms with Crippen LogP contribution in [0.1, 0.15) is 11.1 Å². The van der Waals surface area contributed by atoms with E-state index in [1.807, 2.05) is 0 Å². The largest absolute Gasteiger partial charge is 0.380 e. The molecule has 3 aromatic rings. The zero-order chi connectivity index (χ0) is 13.4. The molecule has 0 saturated heterocycles. The number of aromatic nitrogens is 1. The lowest BCUT2D eigenvalue weighted by Gasteiger charge is -1.98. The summed E-state index contributed by atoms with van der Waals surface area (Å²) in [6.07, 6.45) is 6.57. The highest BCUT2D eigenvalue weighted by atomic mass is 32.1. The molecule has 98 valence electrons. The first kappa shape index (κ1) is 11.6. The molecule has 0 radical (unpaired) electrons. The van der Waals surface area contributed by atoms with Crippen molar-refractivity contribution in [2.45, 2.75) is 0 Å². The molecule has 2 nitrogen and oxygen atoms in total. The standard InChI is InChI=1S/C17H14N2S/c1-2-4-16-15(3-1)14(10-19-16)7-12-8-17(18-9-12)13-5-6-20-11-13/h1-8,10-11,18-19H,9H2. The Hall–Kier alpha value is -2.26. The Morgan fingerprint density at radius 3 is 3.00 bits per heavy atom. The summed E-state index contributed by atoms with van der Waals surface area (Å²) < 4.78 is 0. The number of aromatic amines is 1. The maximum atomic E-state index is 3.46. The van der Waals surface area contributed by atoms with E-state index in [0.29, 0.717) is 0 Å². The molecular formula is C17H14N2S. The number of para-hydroxylation sites is 1. The van der Waals surface area contributed by atoms with Crippen LogP contribution in [0.5, 0.6) is 0 Å². The van der Waals surface area contributed by atoms with Gasteiger partial charge in [-0.25, -0.2) is 0 Å². The quantitative estimate of drug-likeness (QED) is 0.720. The number of benzene rings is 1. The van der Waals surface area contributed by atoms with Crippen LogP contribution in [0.2, 0.25) is 0 Å². The Balaban J connectivity index is 1.71. The topological polar surface area (TPSA) is 27.8 Å². The monoisotopic (exact) mass is 278 g/mol. The summed E-state index contributed by atoms with van der Waals surface area (Å²) in [5.74, 6) is 0. The minimum Gasteiger partial charge on any atom is -0.380 e. The Kier molecular flexibility index (Phi) is 2.71. The predicted octanol–water partition coefficient (Wildman–Crippen LogP) is 4.26. The van der Waals surface area contributed by atoms with Crippen LogP contribution in [-0.4, -0.2) is 11.5 Å². The van der Waals surface area contributed by atoms with Crippen LogP contribution in [-0.2, 0) is 0 Å². The smallest absolute Gasteiger partial charge is 0.0460 e. The third kappa shape index (κ3) is 1.96. The molecule has 0 fully saturated rings. The van der Waals surface area contributed by atoms with Crippen molar-refractivity contribution in [3.63, 3.8) is 0 Å². The first-order valence-corrected chi connectivity index (χ1v) is 7.59. The molecule has 0 aliphatic carbocycles. The number of thiophene rings is 1. The molecule has 4 rings (SSSR count). The Labute approximate surface area is 121 Å². The second-order valence-corrected chi connectivity index (χ2v) is 5.71. The molecule has 2 aromatic heterocycles. The SMILES string of the molecule is C(=C1C=C(c2ccsc2)NC1)c1c[nH]c2ccccc12. The number of H-pyrrole nitrogens is 1. The van der Waals surface area contributed by atoms with Crippen molar-refractivity contribution in [3.8, 4) is 0 Å². The summed E-state index contributed by atoms with van der Waals surface area (Å²) in [7, 11) is 0. The molecule has 1 aromatic carbocycles. The molecule has 2 N–H and O–H groups in total. The lowest BCUT2D eigenvalue weighted by atomic mass is 10.1. The molecule has 3 heteroatoms. The summed E-state index contributed by atoms with van der Waals surface area (Å²) in [4.78, 5) is 3.32. The average molecular weight is 278 g/mol. The van der Waals surface area contributed by atoms with Crippen molar-refractivity contribution < 1.29 is 0 Å². The molecule has 0 amide bonds. The van der Waals surface area contributed by atoms with E-state index in [0.717, 1.165) is 6.54 Å². The van der Waals surface area contributed by atoms with E-state index in [9.17, 15) is 0 Å². The fourth-order valence-corrected chi connectivity index (χ4v) is 3.25. The second kappa shape index (κ2) is 4.69. The van der Waals surface area contributed by atoms with E-state index in [1.165, 1.54) is 33.3 Å². The highest BCUT2D eigenvalue weighted by Crippen LogP contribution is 2.25. The van der Waals surface area contributed by atoms with Crippen LogP contribution >= 0.6 is 11.3 Å². The zero-order valence-corrected chi connectivity index (χ0v) is 11.7. The van der Waals surface area contributed by atoms with Gasteiger partial charge in [0.25, 0.3) is 0 Å². The fraction of sp³-hybridized carbons (Fsp3) is 0.0588. The van der Waals surface area contributed by atoms with Gasteiger partial charge >= 0.3 is 0 Å². The summed E-state index contributed by atoms with van der Waals surface area (Å²) in [6, 6.07) is 10.6. The molecule has 0 spiro atoms. The Morgan fingerprint density at radius 1 is 1.15 bits per heavy atom. The Bertz CT molecular complexity index is 807. The van der Waals surface area contributed by atoms with Crippen molar-refractivity contribution in [2.24, 2.45) is 0 Å². The van der Waals surface area contributed by atoms with Gasteiger partial charge in [0.2, 0.25) is 0 Å². The average Bonchev–Trinajstić information content (AvgIpc) is 3.19. The number of rotatable bonds is 2. The zero-order valence-electron chi connectivity index (χ0n) is 10.9. The maximum Gasteiger partial charge on any atom is 0.0460 e. The van der Waals surface area contributed by atoms with Gasteiger partial charge < -0.3 is 10.3 Å². The maximum absolute atomic E-state index is 3.46. The van der Waals surface area contributed by atoms with Crippen LogP contribution in [0.4, 0.5) is 0 Å². The van der Waals surface area contributed by atoms with Gasteiger partial charge in [-0.05, 0) is 40.6 Å². The van der Waals surface area contributed by atoms with Gasteiger partial charge in [0.1, 0.15) is 0 Å². The molecule has 1 aliphatic heterocycles. The summed E-state index contributed by atoms with van der Waals surface area (Å²) in [5, 5.41) is 9.02. The number of fused-ring (bicyclic) bond motifs is 1. The highest BCUT2D eigenvalue weighted by molar-refractivity contribution is 7.08. The fourth-order valence-electron chi connectivity index (χ4n) is 2.59.